The maximum atomic E-state index is 12.4. The SMILES string of the molecule is COc1ccc(/C=C/C(=O)N[C@@H](C)C(=O)OCC(=O)c2ccc3c(c2)OCCCO3)cc1. The number of fused-ring (bicyclic) bond motifs is 1. The normalized spacial score (nSPS) is 13.7. The summed E-state index contributed by atoms with van der Waals surface area (Å²) in [6, 6.07) is 11.1. The lowest BCUT2D eigenvalue weighted by atomic mass is 10.1. The molecule has 8 nitrogen and oxygen atoms in total. The molecule has 1 aliphatic rings. The van der Waals surface area contributed by atoms with Crippen LogP contribution in [0.5, 0.6) is 17.2 Å². The van der Waals surface area contributed by atoms with Gasteiger partial charge < -0.3 is 24.3 Å². The van der Waals surface area contributed by atoms with Gasteiger partial charge in [-0.3, -0.25) is 9.59 Å². The van der Waals surface area contributed by atoms with E-state index in [1.54, 1.807) is 55.7 Å². The van der Waals surface area contributed by atoms with E-state index in [9.17, 15) is 14.4 Å². The van der Waals surface area contributed by atoms with Crippen molar-refractivity contribution in [2.45, 2.75) is 19.4 Å². The highest BCUT2D eigenvalue weighted by Crippen LogP contribution is 2.30. The molecule has 0 aromatic heterocycles. The van der Waals surface area contributed by atoms with Gasteiger partial charge in [0.2, 0.25) is 5.91 Å². The van der Waals surface area contributed by atoms with Gasteiger partial charge in [0.05, 0.1) is 20.3 Å². The van der Waals surface area contributed by atoms with E-state index < -0.39 is 24.5 Å². The standard InChI is InChI=1S/C24H25NO7/c1-16(25-23(27)11-6-17-4-8-19(29-2)9-5-17)24(28)32-15-20(26)18-7-10-21-22(14-18)31-13-3-12-30-21/h4-11,14,16H,3,12-13,15H2,1-2H3,(H,25,27)/b11-6+/t16-/m0/s1. The van der Waals surface area contributed by atoms with E-state index in [2.05, 4.69) is 5.32 Å². The summed E-state index contributed by atoms with van der Waals surface area (Å²) in [4.78, 5) is 36.6. The molecule has 2 aromatic carbocycles. The number of nitrogens with one attached hydrogen (secondary N) is 1. The van der Waals surface area contributed by atoms with Gasteiger partial charge in [-0.2, -0.15) is 0 Å². The lowest BCUT2D eigenvalue weighted by Crippen LogP contribution is -2.39. The second kappa shape index (κ2) is 11.0. The second-order valence-electron chi connectivity index (χ2n) is 7.08. The Morgan fingerprint density at radius 2 is 1.78 bits per heavy atom. The van der Waals surface area contributed by atoms with Gasteiger partial charge in [-0.25, -0.2) is 4.79 Å². The van der Waals surface area contributed by atoms with E-state index in [1.807, 2.05) is 0 Å². The summed E-state index contributed by atoms with van der Waals surface area (Å²) in [5.74, 6) is 0.230. The number of ether oxygens (including phenoxy) is 4. The number of hydrogen-bond donors (Lipinski definition) is 1. The van der Waals surface area contributed by atoms with Gasteiger partial charge >= 0.3 is 5.97 Å². The van der Waals surface area contributed by atoms with Crippen molar-refractivity contribution in [1.82, 2.24) is 5.32 Å². The van der Waals surface area contributed by atoms with Crippen LogP contribution in [-0.2, 0) is 14.3 Å². The first kappa shape index (κ1) is 22.9. The van der Waals surface area contributed by atoms with Gasteiger partial charge in [0.1, 0.15) is 11.8 Å². The lowest BCUT2D eigenvalue weighted by molar-refractivity contribution is -0.145. The van der Waals surface area contributed by atoms with Gasteiger partial charge in [-0.15, -0.1) is 0 Å². The number of methoxy groups -OCH3 is 1. The summed E-state index contributed by atoms with van der Waals surface area (Å²) in [7, 11) is 1.57. The largest absolute Gasteiger partial charge is 0.497 e. The van der Waals surface area contributed by atoms with Crippen molar-refractivity contribution >= 4 is 23.7 Å². The highest BCUT2D eigenvalue weighted by atomic mass is 16.5. The maximum Gasteiger partial charge on any atom is 0.328 e. The summed E-state index contributed by atoms with van der Waals surface area (Å²) < 4.78 is 21.2. The molecule has 0 spiro atoms. The van der Waals surface area contributed by atoms with E-state index >= 15 is 0 Å². The third-order valence-corrected chi connectivity index (χ3v) is 4.67. The monoisotopic (exact) mass is 439 g/mol. The third-order valence-electron chi connectivity index (χ3n) is 4.67. The van der Waals surface area contributed by atoms with Gasteiger partial charge in [0, 0.05) is 18.1 Å². The van der Waals surface area contributed by atoms with Crippen molar-refractivity contribution in [2.24, 2.45) is 0 Å². The number of ketones is 1. The van der Waals surface area contributed by atoms with Crippen LogP contribution >= 0.6 is 0 Å². The predicted molar refractivity (Wildman–Crippen MR) is 117 cm³/mol. The van der Waals surface area contributed by atoms with Crippen LogP contribution in [0.2, 0.25) is 0 Å². The van der Waals surface area contributed by atoms with Gasteiger partial charge in [-0.05, 0) is 48.9 Å². The Morgan fingerprint density at radius 3 is 2.50 bits per heavy atom. The molecule has 0 bridgehead atoms. The van der Waals surface area contributed by atoms with Crippen LogP contribution in [0.25, 0.3) is 6.08 Å². The first-order valence-corrected chi connectivity index (χ1v) is 10.2. The molecule has 1 amide bonds. The predicted octanol–water partition coefficient (Wildman–Crippen LogP) is 2.80. The van der Waals surface area contributed by atoms with E-state index in [0.717, 1.165) is 12.0 Å². The van der Waals surface area contributed by atoms with E-state index in [0.29, 0.717) is 36.0 Å². The molecule has 0 fully saturated rings. The van der Waals surface area contributed by atoms with Crippen LogP contribution < -0.4 is 19.5 Å². The maximum absolute atomic E-state index is 12.4. The molecule has 0 aliphatic carbocycles. The molecule has 1 atom stereocenters. The summed E-state index contributed by atoms with van der Waals surface area (Å²) in [5.41, 5.74) is 1.15. The van der Waals surface area contributed by atoms with Crippen LogP contribution in [0.1, 0.15) is 29.3 Å². The fourth-order valence-electron chi connectivity index (χ4n) is 2.89. The molecule has 2 aromatic rings. The Bertz CT molecular complexity index is 998. The van der Waals surface area contributed by atoms with E-state index in [-0.39, 0.29) is 5.78 Å². The minimum atomic E-state index is -0.917. The molecule has 168 valence electrons. The molecule has 3 rings (SSSR count). The van der Waals surface area contributed by atoms with Crippen molar-refractivity contribution in [3.63, 3.8) is 0 Å². The van der Waals surface area contributed by atoms with Crippen molar-refractivity contribution < 1.29 is 33.3 Å². The molecule has 8 heteroatoms. The van der Waals surface area contributed by atoms with Crippen molar-refractivity contribution in [1.29, 1.82) is 0 Å². The van der Waals surface area contributed by atoms with Crippen LogP contribution in [0, 0.1) is 0 Å². The highest BCUT2D eigenvalue weighted by molar-refractivity contribution is 5.99. The zero-order valence-electron chi connectivity index (χ0n) is 18.0. The zero-order chi connectivity index (χ0) is 22.9. The van der Waals surface area contributed by atoms with E-state index in [1.165, 1.54) is 13.0 Å². The van der Waals surface area contributed by atoms with Gasteiger partial charge in [-0.1, -0.05) is 12.1 Å². The molecule has 0 radical (unpaired) electrons. The van der Waals surface area contributed by atoms with Crippen molar-refractivity contribution in [3.8, 4) is 17.2 Å². The molecule has 1 N–H and O–H groups in total. The summed E-state index contributed by atoms with van der Waals surface area (Å²) >= 11 is 0. The quantitative estimate of drug-likeness (QED) is 0.383. The minimum Gasteiger partial charge on any atom is -0.497 e. The number of Topliss-reactive ketones (excluding diaryl/α,β-unsaturated/α-hetero) is 1. The highest BCUT2D eigenvalue weighted by Gasteiger charge is 2.19. The van der Waals surface area contributed by atoms with Crippen LogP contribution in [-0.4, -0.2) is 50.6 Å². The Labute approximate surface area is 186 Å². The second-order valence-corrected chi connectivity index (χ2v) is 7.08. The number of esters is 1. The molecular formula is C24H25NO7. The topological polar surface area (TPSA) is 100 Å². The molecule has 32 heavy (non-hydrogen) atoms. The molecule has 0 unspecified atom stereocenters. The Hall–Kier alpha value is -3.81. The molecule has 0 saturated heterocycles. The van der Waals surface area contributed by atoms with Crippen LogP contribution in [0.4, 0.5) is 0 Å². The number of amides is 1. The molecular weight excluding hydrogens is 414 g/mol. The van der Waals surface area contributed by atoms with Crippen molar-refractivity contribution in [2.75, 3.05) is 26.9 Å². The number of benzene rings is 2. The Kier molecular flexibility index (Phi) is 7.85. The summed E-state index contributed by atoms with van der Waals surface area (Å²) in [6.07, 6.45) is 3.68. The first-order chi connectivity index (χ1) is 15.5. The van der Waals surface area contributed by atoms with Gasteiger partial charge in [0.25, 0.3) is 0 Å². The molecule has 0 saturated carbocycles. The zero-order valence-corrected chi connectivity index (χ0v) is 18.0. The van der Waals surface area contributed by atoms with Crippen molar-refractivity contribution in [3.05, 3.63) is 59.7 Å². The molecule has 1 aliphatic heterocycles. The first-order valence-electron chi connectivity index (χ1n) is 10.2. The fraction of sp³-hybridized carbons (Fsp3) is 0.292. The number of hydrogen-bond acceptors (Lipinski definition) is 7. The number of carbonyl (C=O) groups excluding carboxylic acids is 3. The average molecular weight is 439 g/mol. The minimum absolute atomic E-state index is 0.348. The number of rotatable bonds is 8. The Balaban J connectivity index is 1.47. The van der Waals surface area contributed by atoms with Gasteiger partial charge in [0.15, 0.2) is 23.9 Å². The third kappa shape index (κ3) is 6.34. The average Bonchev–Trinajstić information content (AvgIpc) is 3.06. The smallest absolute Gasteiger partial charge is 0.328 e. The Morgan fingerprint density at radius 1 is 1.06 bits per heavy atom. The molecule has 1 heterocycles. The van der Waals surface area contributed by atoms with Crippen LogP contribution in [0.15, 0.2) is 48.5 Å². The summed E-state index contributed by atoms with van der Waals surface area (Å²) in [6.45, 7) is 2.10. The summed E-state index contributed by atoms with van der Waals surface area (Å²) in [5, 5.41) is 2.51. The number of carbonyl (C=O) groups is 3. The van der Waals surface area contributed by atoms with E-state index in [4.69, 9.17) is 18.9 Å². The fourth-order valence-corrected chi connectivity index (χ4v) is 2.89. The lowest BCUT2D eigenvalue weighted by Gasteiger charge is -2.12. The van der Waals surface area contributed by atoms with Crippen LogP contribution in [0.3, 0.4) is 0 Å².